The number of carboxylic acids is 1. The molecule has 104 valence electrons. The van der Waals surface area contributed by atoms with Crippen molar-refractivity contribution in [2.45, 2.75) is 25.5 Å². The molecule has 0 aliphatic carbocycles. The third-order valence-electron chi connectivity index (χ3n) is 2.48. The van der Waals surface area contributed by atoms with Crippen molar-refractivity contribution in [2.24, 2.45) is 0 Å². The lowest BCUT2D eigenvalue weighted by molar-refractivity contribution is -0.141. The number of carbonyl (C=O) groups is 2. The Bertz CT molecular complexity index is 422. The molecule has 0 aromatic carbocycles. The van der Waals surface area contributed by atoms with E-state index in [2.05, 4.69) is 15.6 Å². The molecule has 2 amide bonds. The van der Waals surface area contributed by atoms with Crippen molar-refractivity contribution < 1.29 is 19.8 Å². The van der Waals surface area contributed by atoms with E-state index < -0.39 is 24.1 Å². The summed E-state index contributed by atoms with van der Waals surface area (Å²) >= 11 is 0. The second-order valence-electron chi connectivity index (χ2n) is 4.06. The number of aliphatic hydroxyl groups is 1. The highest BCUT2D eigenvalue weighted by atomic mass is 16.4. The molecule has 7 nitrogen and oxygen atoms in total. The van der Waals surface area contributed by atoms with E-state index >= 15 is 0 Å². The molecule has 19 heavy (non-hydrogen) atoms. The summed E-state index contributed by atoms with van der Waals surface area (Å²) in [6.07, 6.45) is 2.76. The molecule has 0 saturated carbocycles. The number of amides is 2. The van der Waals surface area contributed by atoms with Crippen LogP contribution in [0.4, 0.5) is 4.79 Å². The van der Waals surface area contributed by atoms with E-state index in [0.29, 0.717) is 13.0 Å². The summed E-state index contributed by atoms with van der Waals surface area (Å²) in [5.74, 6) is -1.28. The van der Waals surface area contributed by atoms with Crippen molar-refractivity contribution in [3.63, 3.8) is 0 Å². The van der Waals surface area contributed by atoms with Gasteiger partial charge in [0.05, 0.1) is 6.10 Å². The van der Waals surface area contributed by atoms with Crippen LogP contribution in [-0.4, -0.2) is 45.9 Å². The fraction of sp³-hybridized carbons (Fsp3) is 0.417. The lowest BCUT2D eigenvalue weighted by Gasteiger charge is -2.17. The topological polar surface area (TPSA) is 112 Å². The van der Waals surface area contributed by atoms with Gasteiger partial charge in [-0.2, -0.15) is 0 Å². The first-order valence-electron chi connectivity index (χ1n) is 5.85. The normalized spacial score (nSPS) is 13.4. The summed E-state index contributed by atoms with van der Waals surface area (Å²) in [6, 6.07) is 1.72. The maximum Gasteiger partial charge on any atom is 0.328 e. The Kier molecular flexibility index (Phi) is 5.74. The minimum atomic E-state index is -1.32. The zero-order valence-electron chi connectivity index (χ0n) is 10.5. The zero-order chi connectivity index (χ0) is 14.3. The molecule has 0 fully saturated rings. The maximum atomic E-state index is 11.4. The van der Waals surface area contributed by atoms with Crippen molar-refractivity contribution >= 4 is 12.0 Å². The van der Waals surface area contributed by atoms with E-state index in [1.165, 1.54) is 6.92 Å². The van der Waals surface area contributed by atoms with E-state index in [9.17, 15) is 14.7 Å². The first-order chi connectivity index (χ1) is 9.00. The van der Waals surface area contributed by atoms with Crippen LogP contribution in [0.5, 0.6) is 0 Å². The Balaban J connectivity index is 2.33. The summed E-state index contributed by atoms with van der Waals surface area (Å²) < 4.78 is 0. The number of pyridine rings is 1. The number of aliphatic hydroxyl groups excluding tert-OH is 1. The highest BCUT2D eigenvalue weighted by Gasteiger charge is 2.24. The van der Waals surface area contributed by atoms with Gasteiger partial charge in [0.1, 0.15) is 0 Å². The molecule has 1 aromatic heterocycles. The quantitative estimate of drug-likeness (QED) is 0.568. The molecular formula is C12H17N3O4. The lowest BCUT2D eigenvalue weighted by atomic mass is 10.2. The Morgan fingerprint density at radius 3 is 2.53 bits per heavy atom. The predicted molar refractivity (Wildman–Crippen MR) is 67.6 cm³/mol. The van der Waals surface area contributed by atoms with Gasteiger partial charge in [-0.15, -0.1) is 0 Å². The number of carboxylic acid groups (broad SMARTS) is 1. The van der Waals surface area contributed by atoms with Crippen LogP contribution in [-0.2, 0) is 11.2 Å². The first-order valence-corrected chi connectivity index (χ1v) is 5.85. The standard InChI is InChI=1S/C12H17N3O4/c1-8(16)10(11(17)18)15-12(19)14-7-4-9-2-5-13-6-3-9/h2-3,5-6,8,10,16H,4,7H2,1H3,(H,17,18)(H2,14,15,19). The van der Waals surface area contributed by atoms with Crippen molar-refractivity contribution in [3.8, 4) is 0 Å². The molecule has 1 aromatic rings. The monoisotopic (exact) mass is 267 g/mol. The van der Waals surface area contributed by atoms with Crippen LogP contribution in [0.15, 0.2) is 24.5 Å². The number of aromatic nitrogens is 1. The molecule has 2 unspecified atom stereocenters. The van der Waals surface area contributed by atoms with Gasteiger partial charge in [0.2, 0.25) is 0 Å². The van der Waals surface area contributed by atoms with Gasteiger partial charge in [0.15, 0.2) is 6.04 Å². The highest BCUT2D eigenvalue weighted by Crippen LogP contribution is 1.96. The molecule has 4 N–H and O–H groups in total. The predicted octanol–water partition coefficient (Wildman–Crippen LogP) is -0.243. The molecule has 0 saturated heterocycles. The summed E-state index contributed by atoms with van der Waals surface area (Å²) in [6.45, 7) is 1.66. The summed E-state index contributed by atoms with van der Waals surface area (Å²) in [5.41, 5.74) is 1.01. The van der Waals surface area contributed by atoms with Crippen LogP contribution in [0, 0.1) is 0 Å². The summed E-state index contributed by atoms with van der Waals surface area (Å²) in [4.78, 5) is 26.1. The molecule has 7 heteroatoms. The number of nitrogens with zero attached hydrogens (tertiary/aromatic N) is 1. The minimum absolute atomic E-state index is 0.363. The van der Waals surface area contributed by atoms with Crippen molar-refractivity contribution in [3.05, 3.63) is 30.1 Å². The number of hydrogen-bond acceptors (Lipinski definition) is 4. The SMILES string of the molecule is CC(O)C(NC(=O)NCCc1ccncc1)C(=O)O. The Morgan fingerprint density at radius 2 is 2.00 bits per heavy atom. The number of aliphatic carboxylic acids is 1. The van der Waals surface area contributed by atoms with Gasteiger partial charge in [-0.3, -0.25) is 4.98 Å². The van der Waals surface area contributed by atoms with Crippen LogP contribution >= 0.6 is 0 Å². The minimum Gasteiger partial charge on any atom is -0.480 e. The molecule has 1 rings (SSSR count). The van der Waals surface area contributed by atoms with Gasteiger partial charge >= 0.3 is 12.0 Å². The van der Waals surface area contributed by atoms with Gasteiger partial charge < -0.3 is 20.8 Å². The van der Waals surface area contributed by atoms with Crippen molar-refractivity contribution in [2.75, 3.05) is 6.54 Å². The smallest absolute Gasteiger partial charge is 0.328 e. The second-order valence-corrected chi connectivity index (χ2v) is 4.06. The number of rotatable bonds is 6. The number of hydrogen-bond donors (Lipinski definition) is 4. The van der Waals surface area contributed by atoms with E-state index in [1.54, 1.807) is 12.4 Å². The van der Waals surface area contributed by atoms with Gasteiger partial charge in [-0.05, 0) is 31.0 Å². The number of carbonyl (C=O) groups excluding carboxylic acids is 1. The Hall–Kier alpha value is -2.15. The van der Waals surface area contributed by atoms with Crippen LogP contribution in [0.2, 0.25) is 0 Å². The van der Waals surface area contributed by atoms with Crippen molar-refractivity contribution in [1.29, 1.82) is 0 Å². The number of urea groups is 1. The Labute approximate surface area is 110 Å². The van der Waals surface area contributed by atoms with Gasteiger partial charge in [0.25, 0.3) is 0 Å². The second kappa shape index (κ2) is 7.32. The fourth-order valence-corrected chi connectivity index (χ4v) is 1.45. The van der Waals surface area contributed by atoms with Crippen LogP contribution in [0.1, 0.15) is 12.5 Å². The molecular weight excluding hydrogens is 250 g/mol. The number of nitrogens with one attached hydrogen (secondary N) is 2. The first kappa shape index (κ1) is 14.9. The molecule has 0 spiro atoms. The van der Waals surface area contributed by atoms with E-state index in [4.69, 9.17) is 5.11 Å². The van der Waals surface area contributed by atoms with Gasteiger partial charge in [0, 0.05) is 18.9 Å². The molecule has 2 atom stereocenters. The average molecular weight is 267 g/mol. The zero-order valence-corrected chi connectivity index (χ0v) is 10.5. The third kappa shape index (κ3) is 5.35. The largest absolute Gasteiger partial charge is 0.480 e. The van der Waals surface area contributed by atoms with Crippen LogP contribution < -0.4 is 10.6 Å². The lowest BCUT2D eigenvalue weighted by Crippen LogP contribution is -2.51. The molecule has 0 aliphatic rings. The third-order valence-corrected chi connectivity index (χ3v) is 2.48. The van der Waals surface area contributed by atoms with Crippen molar-refractivity contribution in [1.82, 2.24) is 15.6 Å². The molecule has 1 heterocycles. The molecule has 0 radical (unpaired) electrons. The van der Waals surface area contributed by atoms with E-state index in [-0.39, 0.29) is 0 Å². The van der Waals surface area contributed by atoms with Gasteiger partial charge in [-0.25, -0.2) is 9.59 Å². The van der Waals surface area contributed by atoms with Crippen LogP contribution in [0.3, 0.4) is 0 Å². The van der Waals surface area contributed by atoms with Gasteiger partial charge in [-0.1, -0.05) is 0 Å². The molecule has 0 aliphatic heterocycles. The average Bonchev–Trinajstić information content (AvgIpc) is 2.36. The summed E-state index contributed by atoms with van der Waals surface area (Å²) in [5, 5.41) is 22.7. The van der Waals surface area contributed by atoms with Crippen LogP contribution in [0.25, 0.3) is 0 Å². The Morgan fingerprint density at radius 1 is 1.37 bits per heavy atom. The highest BCUT2D eigenvalue weighted by molar-refractivity contribution is 5.82. The van der Waals surface area contributed by atoms with E-state index in [0.717, 1.165) is 5.56 Å². The summed E-state index contributed by atoms with van der Waals surface area (Å²) in [7, 11) is 0. The molecule has 0 bridgehead atoms. The fourth-order valence-electron chi connectivity index (χ4n) is 1.45. The van der Waals surface area contributed by atoms with E-state index in [1.807, 2.05) is 12.1 Å². The maximum absolute atomic E-state index is 11.4.